The molecule has 0 radical (unpaired) electrons. The zero-order chi connectivity index (χ0) is 20.9. The number of methoxy groups -OCH3 is 1. The number of aromatic nitrogens is 2. The number of ether oxygens (including phenoxy) is 1. The highest BCUT2D eigenvalue weighted by Gasteiger charge is 2.17. The van der Waals surface area contributed by atoms with Crippen LogP contribution in [0, 0.1) is 0 Å². The number of fused-ring (bicyclic) bond motifs is 1. The van der Waals surface area contributed by atoms with Crippen LogP contribution in [0.5, 0.6) is 5.75 Å². The van der Waals surface area contributed by atoms with E-state index in [0.29, 0.717) is 24.3 Å². The Bertz CT molecular complexity index is 1150. The fraction of sp³-hybridized carbons (Fsp3) is 0.200. The lowest BCUT2D eigenvalue weighted by atomic mass is 10.1. The Kier molecular flexibility index (Phi) is 5.80. The SMILES string of the molecule is COc1cccc(C(=O)NCCc2nc3ccccc3n2C(C)c2ccccc2)c1. The molecular formula is C25H25N3O2. The van der Waals surface area contributed by atoms with Crippen molar-refractivity contribution in [3.8, 4) is 5.75 Å². The minimum atomic E-state index is -0.118. The summed E-state index contributed by atoms with van der Waals surface area (Å²) in [4.78, 5) is 17.4. The molecule has 4 aromatic rings. The second-order valence-corrected chi connectivity index (χ2v) is 7.21. The minimum Gasteiger partial charge on any atom is -0.497 e. The first-order chi connectivity index (χ1) is 14.7. The van der Waals surface area contributed by atoms with Crippen LogP contribution in [0.1, 0.15) is 34.7 Å². The predicted octanol–water partition coefficient (Wildman–Crippen LogP) is 4.63. The van der Waals surface area contributed by atoms with Gasteiger partial charge in [0.1, 0.15) is 11.6 Å². The van der Waals surface area contributed by atoms with E-state index < -0.39 is 0 Å². The van der Waals surface area contributed by atoms with Crippen molar-refractivity contribution in [1.82, 2.24) is 14.9 Å². The molecule has 3 aromatic carbocycles. The number of carbonyl (C=O) groups excluding carboxylic acids is 1. The van der Waals surface area contributed by atoms with Gasteiger partial charge in [0.25, 0.3) is 5.91 Å². The monoisotopic (exact) mass is 399 g/mol. The number of imidazole rings is 1. The third-order valence-electron chi connectivity index (χ3n) is 5.30. The largest absolute Gasteiger partial charge is 0.497 e. The van der Waals surface area contributed by atoms with Crippen molar-refractivity contribution in [3.05, 3.63) is 95.8 Å². The summed E-state index contributed by atoms with van der Waals surface area (Å²) in [7, 11) is 1.59. The second kappa shape index (κ2) is 8.82. The molecular weight excluding hydrogens is 374 g/mol. The maximum absolute atomic E-state index is 12.5. The summed E-state index contributed by atoms with van der Waals surface area (Å²) in [6.07, 6.45) is 0.640. The standard InChI is InChI=1S/C25H25N3O2/c1-18(19-9-4-3-5-10-19)28-23-14-7-6-13-22(23)27-24(28)15-16-26-25(29)20-11-8-12-21(17-20)30-2/h3-14,17-18H,15-16H2,1-2H3,(H,26,29). The fourth-order valence-electron chi connectivity index (χ4n) is 3.74. The number of nitrogens with zero attached hydrogens (tertiary/aromatic N) is 2. The number of carbonyl (C=O) groups is 1. The van der Waals surface area contributed by atoms with Crippen molar-refractivity contribution in [2.24, 2.45) is 0 Å². The van der Waals surface area contributed by atoms with E-state index in [9.17, 15) is 4.79 Å². The Morgan fingerprint density at radius 3 is 2.60 bits per heavy atom. The third kappa shape index (κ3) is 4.06. The maximum atomic E-state index is 12.5. The number of amides is 1. The first-order valence-electron chi connectivity index (χ1n) is 10.1. The summed E-state index contributed by atoms with van der Waals surface area (Å²) < 4.78 is 7.47. The fourth-order valence-corrected chi connectivity index (χ4v) is 3.74. The van der Waals surface area contributed by atoms with E-state index in [0.717, 1.165) is 16.9 Å². The van der Waals surface area contributed by atoms with Crippen molar-refractivity contribution in [3.63, 3.8) is 0 Å². The summed E-state index contributed by atoms with van der Waals surface area (Å²) in [5, 5.41) is 3.00. The second-order valence-electron chi connectivity index (χ2n) is 7.21. The highest BCUT2D eigenvalue weighted by molar-refractivity contribution is 5.94. The van der Waals surface area contributed by atoms with Gasteiger partial charge >= 0.3 is 0 Å². The van der Waals surface area contributed by atoms with Crippen LogP contribution in [0.2, 0.25) is 0 Å². The van der Waals surface area contributed by atoms with Crippen LogP contribution in [0.15, 0.2) is 78.9 Å². The van der Waals surface area contributed by atoms with Gasteiger partial charge in [-0.25, -0.2) is 4.98 Å². The third-order valence-corrected chi connectivity index (χ3v) is 5.30. The molecule has 0 fully saturated rings. The van der Waals surface area contributed by atoms with Gasteiger partial charge in [0.05, 0.1) is 24.2 Å². The summed E-state index contributed by atoms with van der Waals surface area (Å²) in [6, 6.07) is 25.9. The van der Waals surface area contributed by atoms with Crippen molar-refractivity contribution >= 4 is 16.9 Å². The summed E-state index contributed by atoms with van der Waals surface area (Å²) in [5.41, 5.74) is 3.88. The van der Waals surface area contributed by atoms with Gasteiger partial charge in [0.2, 0.25) is 0 Å². The summed E-state index contributed by atoms with van der Waals surface area (Å²) in [6.45, 7) is 2.68. The lowest BCUT2D eigenvalue weighted by molar-refractivity contribution is 0.0953. The zero-order valence-corrected chi connectivity index (χ0v) is 17.2. The van der Waals surface area contributed by atoms with Crippen LogP contribution >= 0.6 is 0 Å². The Morgan fingerprint density at radius 1 is 1.03 bits per heavy atom. The summed E-state index contributed by atoms with van der Waals surface area (Å²) >= 11 is 0. The number of nitrogens with one attached hydrogen (secondary N) is 1. The van der Waals surface area contributed by atoms with Gasteiger partial charge in [-0.05, 0) is 42.8 Å². The van der Waals surface area contributed by atoms with Gasteiger partial charge < -0.3 is 14.6 Å². The molecule has 0 saturated carbocycles. The molecule has 0 aliphatic carbocycles. The Labute approximate surface area is 176 Å². The number of hydrogen-bond acceptors (Lipinski definition) is 3. The normalized spacial score (nSPS) is 11.9. The molecule has 1 N–H and O–H groups in total. The van der Waals surface area contributed by atoms with Crippen LogP contribution in [-0.2, 0) is 6.42 Å². The first-order valence-corrected chi connectivity index (χ1v) is 10.1. The maximum Gasteiger partial charge on any atom is 0.251 e. The molecule has 4 rings (SSSR count). The van der Waals surface area contributed by atoms with Gasteiger partial charge in [-0.15, -0.1) is 0 Å². The molecule has 5 nitrogen and oxygen atoms in total. The van der Waals surface area contributed by atoms with Crippen molar-refractivity contribution < 1.29 is 9.53 Å². The molecule has 0 spiro atoms. The number of rotatable bonds is 7. The molecule has 1 unspecified atom stereocenters. The van der Waals surface area contributed by atoms with Gasteiger partial charge in [-0.3, -0.25) is 4.79 Å². The highest BCUT2D eigenvalue weighted by atomic mass is 16.5. The van der Waals surface area contributed by atoms with Crippen LogP contribution in [0.3, 0.4) is 0 Å². The minimum absolute atomic E-state index is 0.118. The molecule has 1 amide bonds. The Morgan fingerprint density at radius 2 is 1.80 bits per heavy atom. The van der Waals surface area contributed by atoms with Crippen LogP contribution in [-0.4, -0.2) is 29.1 Å². The van der Waals surface area contributed by atoms with E-state index >= 15 is 0 Å². The highest BCUT2D eigenvalue weighted by Crippen LogP contribution is 2.26. The molecule has 30 heavy (non-hydrogen) atoms. The molecule has 1 heterocycles. The Hall–Kier alpha value is -3.60. The van der Waals surface area contributed by atoms with Gasteiger partial charge in [0.15, 0.2) is 0 Å². The number of benzene rings is 3. The van der Waals surface area contributed by atoms with Crippen LogP contribution in [0.25, 0.3) is 11.0 Å². The van der Waals surface area contributed by atoms with Gasteiger partial charge in [-0.2, -0.15) is 0 Å². The summed E-state index contributed by atoms with van der Waals surface area (Å²) in [5.74, 6) is 1.51. The molecule has 0 aliphatic rings. The van der Waals surface area contributed by atoms with Crippen LogP contribution in [0.4, 0.5) is 0 Å². The van der Waals surface area contributed by atoms with E-state index in [4.69, 9.17) is 9.72 Å². The number of hydrogen-bond donors (Lipinski definition) is 1. The van der Waals surface area contributed by atoms with E-state index in [2.05, 4.69) is 47.1 Å². The average Bonchev–Trinajstić information content (AvgIpc) is 3.17. The smallest absolute Gasteiger partial charge is 0.251 e. The zero-order valence-electron chi connectivity index (χ0n) is 17.2. The van der Waals surface area contributed by atoms with E-state index in [1.165, 1.54) is 5.56 Å². The van der Waals surface area contributed by atoms with Crippen molar-refractivity contribution in [2.75, 3.05) is 13.7 Å². The predicted molar refractivity (Wildman–Crippen MR) is 119 cm³/mol. The van der Waals surface area contributed by atoms with E-state index in [1.807, 2.05) is 36.4 Å². The van der Waals surface area contributed by atoms with Crippen LogP contribution < -0.4 is 10.1 Å². The molecule has 1 aromatic heterocycles. The van der Waals surface area contributed by atoms with Gasteiger partial charge in [-0.1, -0.05) is 48.5 Å². The lowest BCUT2D eigenvalue weighted by Crippen LogP contribution is -2.26. The quantitative estimate of drug-likeness (QED) is 0.493. The molecule has 5 heteroatoms. The Balaban J connectivity index is 1.54. The molecule has 0 saturated heterocycles. The number of para-hydroxylation sites is 2. The van der Waals surface area contributed by atoms with Crippen molar-refractivity contribution in [2.45, 2.75) is 19.4 Å². The molecule has 0 aliphatic heterocycles. The molecule has 1 atom stereocenters. The molecule has 0 bridgehead atoms. The average molecular weight is 399 g/mol. The van der Waals surface area contributed by atoms with Gasteiger partial charge in [0, 0.05) is 18.5 Å². The topological polar surface area (TPSA) is 56.1 Å². The first kappa shape index (κ1) is 19.7. The van der Waals surface area contributed by atoms with E-state index in [1.54, 1.807) is 19.2 Å². The van der Waals surface area contributed by atoms with E-state index in [-0.39, 0.29) is 11.9 Å². The molecule has 152 valence electrons. The van der Waals surface area contributed by atoms with Crippen molar-refractivity contribution in [1.29, 1.82) is 0 Å². The lowest BCUT2D eigenvalue weighted by Gasteiger charge is -2.18.